The molecule has 1 aliphatic rings. The molecule has 2 unspecified atom stereocenters. The number of carboxylic acids is 1. The summed E-state index contributed by atoms with van der Waals surface area (Å²) in [5.74, 6) is -0.321. The second-order valence-corrected chi connectivity index (χ2v) is 5.94. The van der Waals surface area contributed by atoms with E-state index in [2.05, 4.69) is 10.6 Å². The molecule has 1 fully saturated rings. The molecular formula is C12H22N2O4S. The zero-order valence-electron chi connectivity index (χ0n) is 11.6. The summed E-state index contributed by atoms with van der Waals surface area (Å²) in [6.07, 6.45) is 2.96. The van der Waals surface area contributed by atoms with Crippen LogP contribution in [0.25, 0.3) is 0 Å². The number of hydrogen-bond donors (Lipinski definition) is 3. The molecule has 0 aromatic carbocycles. The summed E-state index contributed by atoms with van der Waals surface area (Å²) in [5, 5.41) is 14.4. The molecule has 0 aromatic rings. The van der Waals surface area contributed by atoms with Crippen LogP contribution < -0.4 is 10.6 Å². The van der Waals surface area contributed by atoms with E-state index >= 15 is 0 Å². The van der Waals surface area contributed by atoms with Crippen LogP contribution in [0.5, 0.6) is 0 Å². The van der Waals surface area contributed by atoms with Gasteiger partial charge in [0.1, 0.15) is 6.04 Å². The van der Waals surface area contributed by atoms with Gasteiger partial charge in [-0.1, -0.05) is 0 Å². The third-order valence-electron chi connectivity index (χ3n) is 3.50. The first-order valence-electron chi connectivity index (χ1n) is 6.31. The van der Waals surface area contributed by atoms with Crippen molar-refractivity contribution in [3.8, 4) is 0 Å². The predicted octanol–water partition coefficient (Wildman–Crippen LogP) is 1.06. The number of amides is 2. The van der Waals surface area contributed by atoms with Crippen molar-refractivity contribution in [3.63, 3.8) is 0 Å². The van der Waals surface area contributed by atoms with Crippen molar-refractivity contribution in [2.45, 2.75) is 44.4 Å². The topological polar surface area (TPSA) is 87.7 Å². The summed E-state index contributed by atoms with van der Waals surface area (Å²) < 4.78 is 5.42. The van der Waals surface area contributed by atoms with Gasteiger partial charge in [-0.25, -0.2) is 9.59 Å². The van der Waals surface area contributed by atoms with Crippen molar-refractivity contribution in [2.24, 2.45) is 0 Å². The summed E-state index contributed by atoms with van der Waals surface area (Å²) in [5.41, 5.74) is -0.438. The molecule has 7 heteroatoms. The first kappa shape index (κ1) is 16.1. The zero-order valence-corrected chi connectivity index (χ0v) is 12.4. The van der Waals surface area contributed by atoms with E-state index in [4.69, 9.17) is 9.84 Å². The van der Waals surface area contributed by atoms with E-state index in [1.807, 2.05) is 20.1 Å². The van der Waals surface area contributed by atoms with E-state index < -0.39 is 23.6 Å². The van der Waals surface area contributed by atoms with E-state index in [9.17, 15) is 9.59 Å². The van der Waals surface area contributed by atoms with Crippen LogP contribution in [0.3, 0.4) is 0 Å². The van der Waals surface area contributed by atoms with Crippen molar-refractivity contribution in [1.29, 1.82) is 0 Å². The standard InChI is InChI=1S/C12H22N2O4S/c1-8-12(2,5-6-18-8)14-11(17)13-9(10(15)16)4-7-19-3/h8-9H,4-7H2,1-3H3,(H,15,16)(H2,13,14,17)/t8?,9-,12?/m1/s1. The van der Waals surface area contributed by atoms with Crippen molar-refractivity contribution < 1.29 is 19.4 Å². The molecule has 0 radical (unpaired) electrons. The molecule has 0 bridgehead atoms. The lowest BCUT2D eigenvalue weighted by atomic mass is 9.95. The highest BCUT2D eigenvalue weighted by Gasteiger charge is 2.38. The Bertz CT molecular complexity index is 340. The van der Waals surface area contributed by atoms with E-state index in [-0.39, 0.29) is 6.10 Å². The molecule has 110 valence electrons. The van der Waals surface area contributed by atoms with E-state index in [1.165, 1.54) is 0 Å². The average molecular weight is 290 g/mol. The lowest BCUT2D eigenvalue weighted by molar-refractivity contribution is -0.139. The van der Waals surface area contributed by atoms with Gasteiger partial charge in [-0.3, -0.25) is 0 Å². The first-order valence-corrected chi connectivity index (χ1v) is 7.70. The van der Waals surface area contributed by atoms with Crippen LogP contribution >= 0.6 is 11.8 Å². The fraction of sp³-hybridized carbons (Fsp3) is 0.833. The monoisotopic (exact) mass is 290 g/mol. The first-order chi connectivity index (χ1) is 8.89. The number of hydrogen-bond acceptors (Lipinski definition) is 4. The second kappa shape index (κ2) is 7.00. The molecule has 0 aromatic heterocycles. The Morgan fingerprint density at radius 3 is 2.74 bits per heavy atom. The third-order valence-corrected chi connectivity index (χ3v) is 4.14. The summed E-state index contributed by atoms with van der Waals surface area (Å²) in [4.78, 5) is 22.9. The number of carbonyl (C=O) groups is 2. The van der Waals surface area contributed by atoms with Crippen LogP contribution in [0.2, 0.25) is 0 Å². The summed E-state index contributed by atoms with van der Waals surface area (Å²) >= 11 is 1.55. The minimum atomic E-state index is -1.01. The smallest absolute Gasteiger partial charge is 0.326 e. The van der Waals surface area contributed by atoms with Crippen LogP contribution in [0.4, 0.5) is 4.79 Å². The Balaban J connectivity index is 2.50. The number of aliphatic carboxylic acids is 1. The van der Waals surface area contributed by atoms with Crippen molar-refractivity contribution >= 4 is 23.8 Å². The number of carboxylic acid groups (broad SMARTS) is 1. The van der Waals surface area contributed by atoms with E-state index in [0.717, 1.165) is 6.42 Å². The Kier molecular flexibility index (Phi) is 5.93. The molecule has 2 amide bonds. The van der Waals surface area contributed by atoms with Gasteiger partial charge in [0, 0.05) is 6.61 Å². The Labute approximate surface area is 117 Å². The van der Waals surface area contributed by atoms with Gasteiger partial charge in [0.25, 0.3) is 0 Å². The number of ether oxygens (including phenoxy) is 1. The number of nitrogens with one attached hydrogen (secondary N) is 2. The van der Waals surface area contributed by atoms with Crippen molar-refractivity contribution in [2.75, 3.05) is 18.6 Å². The maximum absolute atomic E-state index is 11.9. The molecule has 0 aliphatic carbocycles. The SMILES string of the molecule is CSCC[C@@H](NC(=O)NC1(C)CCOC1C)C(=O)O. The van der Waals surface area contributed by atoms with Crippen LogP contribution in [0.1, 0.15) is 26.7 Å². The molecule has 3 N–H and O–H groups in total. The minimum absolute atomic E-state index is 0.0762. The maximum atomic E-state index is 11.9. The molecule has 6 nitrogen and oxygen atoms in total. The average Bonchev–Trinajstić information content (AvgIpc) is 2.64. The number of carbonyl (C=O) groups excluding carboxylic acids is 1. The summed E-state index contributed by atoms with van der Waals surface area (Å²) in [6.45, 7) is 4.41. The highest BCUT2D eigenvalue weighted by molar-refractivity contribution is 7.98. The molecule has 1 rings (SSSR count). The highest BCUT2D eigenvalue weighted by atomic mass is 32.2. The van der Waals surface area contributed by atoms with Gasteiger partial charge in [-0.2, -0.15) is 11.8 Å². The van der Waals surface area contributed by atoms with Crippen LogP contribution in [0.15, 0.2) is 0 Å². The molecule has 1 saturated heterocycles. The largest absolute Gasteiger partial charge is 0.480 e. The summed E-state index contributed by atoms with van der Waals surface area (Å²) in [6, 6.07) is -1.30. The number of rotatable bonds is 6. The van der Waals surface area contributed by atoms with Gasteiger partial charge >= 0.3 is 12.0 Å². The fourth-order valence-electron chi connectivity index (χ4n) is 1.95. The van der Waals surface area contributed by atoms with Gasteiger partial charge in [0.15, 0.2) is 0 Å². The van der Waals surface area contributed by atoms with Gasteiger partial charge in [-0.05, 0) is 38.7 Å². The van der Waals surface area contributed by atoms with Crippen LogP contribution in [0, 0.1) is 0 Å². The number of thioether (sulfide) groups is 1. The van der Waals surface area contributed by atoms with Crippen molar-refractivity contribution in [1.82, 2.24) is 10.6 Å². The third kappa shape index (κ3) is 4.58. The van der Waals surface area contributed by atoms with Gasteiger partial charge < -0.3 is 20.5 Å². The molecule has 1 aliphatic heterocycles. The van der Waals surface area contributed by atoms with Crippen molar-refractivity contribution in [3.05, 3.63) is 0 Å². The molecule has 0 saturated carbocycles. The maximum Gasteiger partial charge on any atom is 0.326 e. The predicted molar refractivity (Wildman–Crippen MR) is 74.5 cm³/mol. The minimum Gasteiger partial charge on any atom is -0.480 e. The molecule has 1 heterocycles. The van der Waals surface area contributed by atoms with Gasteiger partial charge in [0.2, 0.25) is 0 Å². The zero-order chi connectivity index (χ0) is 14.5. The van der Waals surface area contributed by atoms with E-state index in [1.54, 1.807) is 11.8 Å². The lowest BCUT2D eigenvalue weighted by Crippen LogP contribution is -2.56. The Hall–Kier alpha value is -0.950. The van der Waals surface area contributed by atoms with Gasteiger partial charge in [-0.15, -0.1) is 0 Å². The second-order valence-electron chi connectivity index (χ2n) is 4.95. The molecule has 0 spiro atoms. The lowest BCUT2D eigenvalue weighted by Gasteiger charge is -2.29. The summed E-state index contributed by atoms with van der Waals surface area (Å²) in [7, 11) is 0. The normalized spacial score (nSPS) is 27.8. The fourth-order valence-corrected chi connectivity index (χ4v) is 2.42. The quantitative estimate of drug-likeness (QED) is 0.681. The molecule has 3 atom stereocenters. The van der Waals surface area contributed by atoms with Crippen LogP contribution in [-0.2, 0) is 9.53 Å². The molecule has 19 heavy (non-hydrogen) atoms. The number of urea groups is 1. The Morgan fingerprint density at radius 2 is 2.26 bits per heavy atom. The highest BCUT2D eigenvalue weighted by Crippen LogP contribution is 2.24. The van der Waals surface area contributed by atoms with E-state index in [0.29, 0.717) is 18.8 Å². The van der Waals surface area contributed by atoms with Gasteiger partial charge in [0.05, 0.1) is 11.6 Å². The Morgan fingerprint density at radius 1 is 1.58 bits per heavy atom. The molecular weight excluding hydrogens is 268 g/mol. The van der Waals surface area contributed by atoms with Crippen LogP contribution in [-0.4, -0.2) is 53.4 Å².